The minimum Gasteiger partial charge on any atom is -0.325 e. The quantitative estimate of drug-likeness (QED) is 0.733. The van der Waals surface area contributed by atoms with Gasteiger partial charge in [0.1, 0.15) is 0 Å². The molecule has 1 aliphatic carbocycles. The van der Waals surface area contributed by atoms with Gasteiger partial charge < -0.3 is 5.32 Å². The number of anilines is 1. The maximum Gasteiger partial charge on any atom is 0.235 e. The van der Waals surface area contributed by atoms with Crippen molar-refractivity contribution in [2.75, 3.05) is 5.32 Å². The normalized spacial score (nSPS) is 21.9. The molecular weight excluding hydrogens is 222 g/mol. The first-order valence-electron chi connectivity index (χ1n) is 5.84. The maximum absolute atomic E-state index is 12.2. The zero-order valence-electron chi connectivity index (χ0n) is 9.05. The fraction of sp³-hybridized carbons (Fsp3) is 0.462. The summed E-state index contributed by atoms with van der Waals surface area (Å²) in [5.41, 5.74) is 1.79. The lowest BCUT2D eigenvalue weighted by Gasteiger charge is -2.31. The Morgan fingerprint density at radius 1 is 1.19 bits per heavy atom. The molecule has 0 bridgehead atoms. The van der Waals surface area contributed by atoms with E-state index in [1.54, 1.807) is 0 Å². The third-order valence-electron chi connectivity index (χ3n) is 3.89. The second-order valence-electron chi connectivity index (χ2n) is 4.79. The van der Waals surface area contributed by atoms with Crippen LogP contribution in [0, 0.1) is 0 Å². The summed E-state index contributed by atoms with van der Waals surface area (Å²) in [6, 6.07) is 5.71. The molecule has 1 amide bonds. The van der Waals surface area contributed by atoms with Crippen molar-refractivity contribution < 1.29 is 4.79 Å². The Kier molecular flexibility index (Phi) is 2.21. The molecule has 0 aromatic heterocycles. The van der Waals surface area contributed by atoms with Crippen molar-refractivity contribution in [2.45, 2.75) is 37.5 Å². The van der Waals surface area contributed by atoms with E-state index in [0.717, 1.165) is 42.0 Å². The number of amides is 1. The van der Waals surface area contributed by atoms with E-state index in [0.29, 0.717) is 0 Å². The van der Waals surface area contributed by atoms with Gasteiger partial charge in [-0.1, -0.05) is 30.9 Å². The minimum atomic E-state index is -0.279. The molecule has 1 aromatic carbocycles. The monoisotopic (exact) mass is 235 g/mol. The third kappa shape index (κ3) is 1.29. The Hall–Kier alpha value is -1.02. The number of carbonyl (C=O) groups is 1. The van der Waals surface area contributed by atoms with Gasteiger partial charge in [0.2, 0.25) is 5.91 Å². The van der Waals surface area contributed by atoms with Crippen LogP contribution in [0.3, 0.4) is 0 Å². The van der Waals surface area contributed by atoms with Crippen molar-refractivity contribution in [2.24, 2.45) is 0 Å². The van der Waals surface area contributed by atoms with E-state index in [4.69, 9.17) is 11.6 Å². The molecule has 3 heteroatoms. The molecule has 3 rings (SSSR count). The molecule has 0 radical (unpaired) electrons. The number of carbonyl (C=O) groups excluding carboxylic acids is 1. The van der Waals surface area contributed by atoms with E-state index in [1.807, 2.05) is 18.2 Å². The van der Waals surface area contributed by atoms with Crippen molar-refractivity contribution in [3.05, 3.63) is 28.8 Å². The number of fused-ring (bicyclic) bond motifs is 2. The minimum absolute atomic E-state index is 0.171. The first kappa shape index (κ1) is 10.2. The highest BCUT2D eigenvalue weighted by Gasteiger charge is 2.46. The van der Waals surface area contributed by atoms with E-state index < -0.39 is 0 Å². The first-order valence-corrected chi connectivity index (χ1v) is 6.22. The summed E-state index contributed by atoms with van der Waals surface area (Å²) in [6.45, 7) is 0. The fourth-order valence-electron chi connectivity index (χ4n) is 3.04. The summed E-state index contributed by atoms with van der Waals surface area (Å²) in [7, 11) is 0. The number of hydrogen-bond donors (Lipinski definition) is 1. The van der Waals surface area contributed by atoms with Gasteiger partial charge in [-0.15, -0.1) is 0 Å². The molecule has 1 fully saturated rings. The Morgan fingerprint density at radius 3 is 2.69 bits per heavy atom. The smallest absolute Gasteiger partial charge is 0.235 e. The average molecular weight is 236 g/mol. The second kappa shape index (κ2) is 3.49. The molecule has 0 atom stereocenters. The van der Waals surface area contributed by atoms with E-state index in [1.165, 1.54) is 6.42 Å². The molecule has 2 aliphatic rings. The van der Waals surface area contributed by atoms with Crippen molar-refractivity contribution >= 4 is 23.2 Å². The number of rotatable bonds is 0. The van der Waals surface area contributed by atoms with Crippen molar-refractivity contribution in [1.29, 1.82) is 0 Å². The average Bonchev–Trinajstić information content (AvgIpc) is 2.55. The summed E-state index contributed by atoms with van der Waals surface area (Å²) >= 11 is 6.03. The number of halogens is 1. The van der Waals surface area contributed by atoms with Gasteiger partial charge in [-0.2, -0.15) is 0 Å². The van der Waals surface area contributed by atoms with E-state index in [9.17, 15) is 4.79 Å². The number of benzene rings is 1. The summed E-state index contributed by atoms with van der Waals surface area (Å²) < 4.78 is 0. The van der Waals surface area contributed by atoms with Gasteiger partial charge in [-0.05, 0) is 36.6 Å². The Labute approximate surface area is 100.0 Å². The van der Waals surface area contributed by atoms with Gasteiger partial charge in [-0.3, -0.25) is 4.79 Å². The highest BCUT2D eigenvalue weighted by atomic mass is 35.5. The topological polar surface area (TPSA) is 29.1 Å². The molecule has 1 aromatic rings. The van der Waals surface area contributed by atoms with E-state index >= 15 is 0 Å². The van der Waals surface area contributed by atoms with Crippen LogP contribution in [0.2, 0.25) is 5.02 Å². The summed E-state index contributed by atoms with van der Waals surface area (Å²) in [5, 5.41) is 3.71. The van der Waals surface area contributed by atoms with Gasteiger partial charge >= 0.3 is 0 Å². The molecule has 1 heterocycles. The van der Waals surface area contributed by atoms with Crippen LogP contribution in [-0.2, 0) is 10.2 Å². The Bertz CT molecular complexity index is 449. The molecule has 2 nitrogen and oxygen atoms in total. The molecule has 1 N–H and O–H groups in total. The van der Waals surface area contributed by atoms with Crippen LogP contribution in [-0.4, -0.2) is 5.91 Å². The lowest BCUT2D eigenvalue weighted by atomic mass is 9.70. The largest absolute Gasteiger partial charge is 0.325 e. The molecular formula is C13H14ClNO. The Balaban J connectivity index is 2.13. The molecule has 84 valence electrons. The molecule has 1 aliphatic heterocycles. The maximum atomic E-state index is 12.2. The molecule has 1 saturated carbocycles. The van der Waals surface area contributed by atoms with Gasteiger partial charge in [0.05, 0.1) is 5.41 Å². The van der Waals surface area contributed by atoms with Crippen LogP contribution in [0.1, 0.15) is 37.7 Å². The van der Waals surface area contributed by atoms with E-state index in [-0.39, 0.29) is 11.3 Å². The first-order chi connectivity index (χ1) is 7.72. The number of hydrogen-bond acceptors (Lipinski definition) is 1. The van der Waals surface area contributed by atoms with Crippen LogP contribution in [0.15, 0.2) is 18.2 Å². The SMILES string of the molecule is O=C1Nc2ccc(Cl)cc2C12CCCCC2. The van der Waals surface area contributed by atoms with Gasteiger partial charge in [0.25, 0.3) is 0 Å². The number of nitrogens with one attached hydrogen (secondary N) is 1. The Morgan fingerprint density at radius 2 is 1.94 bits per heavy atom. The zero-order valence-corrected chi connectivity index (χ0v) is 9.81. The third-order valence-corrected chi connectivity index (χ3v) is 4.12. The standard InChI is InChI=1S/C13H14ClNO/c14-9-4-5-11-10(8-9)13(12(16)15-11)6-2-1-3-7-13/h4-5,8H,1-3,6-7H2,(H,15,16). The van der Waals surface area contributed by atoms with Crippen LogP contribution in [0.4, 0.5) is 5.69 Å². The van der Waals surface area contributed by atoms with Crippen molar-refractivity contribution in [1.82, 2.24) is 0 Å². The molecule has 0 unspecified atom stereocenters. The second-order valence-corrected chi connectivity index (χ2v) is 5.22. The van der Waals surface area contributed by atoms with Gasteiger partial charge in [0.15, 0.2) is 0 Å². The summed E-state index contributed by atoms with van der Waals surface area (Å²) in [6.07, 6.45) is 5.45. The highest BCUT2D eigenvalue weighted by molar-refractivity contribution is 6.31. The lowest BCUT2D eigenvalue weighted by Crippen LogP contribution is -2.36. The predicted molar refractivity (Wildman–Crippen MR) is 64.8 cm³/mol. The summed E-state index contributed by atoms with van der Waals surface area (Å²) in [4.78, 5) is 12.2. The molecule has 0 saturated heterocycles. The fourth-order valence-corrected chi connectivity index (χ4v) is 3.21. The van der Waals surface area contributed by atoms with Crippen LogP contribution in [0.5, 0.6) is 0 Å². The van der Waals surface area contributed by atoms with E-state index in [2.05, 4.69) is 5.32 Å². The van der Waals surface area contributed by atoms with Crippen molar-refractivity contribution in [3.8, 4) is 0 Å². The molecule has 1 spiro atoms. The molecule has 16 heavy (non-hydrogen) atoms. The van der Waals surface area contributed by atoms with Gasteiger partial charge in [-0.25, -0.2) is 0 Å². The lowest BCUT2D eigenvalue weighted by molar-refractivity contribution is -0.121. The van der Waals surface area contributed by atoms with Crippen molar-refractivity contribution in [3.63, 3.8) is 0 Å². The van der Waals surface area contributed by atoms with Crippen LogP contribution in [0.25, 0.3) is 0 Å². The van der Waals surface area contributed by atoms with Crippen LogP contribution >= 0.6 is 11.6 Å². The van der Waals surface area contributed by atoms with Gasteiger partial charge in [0, 0.05) is 10.7 Å². The van der Waals surface area contributed by atoms with Crippen LogP contribution < -0.4 is 5.32 Å². The predicted octanol–water partition coefficient (Wildman–Crippen LogP) is 3.49. The summed E-state index contributed by atoms with van der Waals surface area (Å²) in [5.74, 6) is 0.171. The highest BCUT2D eigenvalue weighted by Crippen LogP contribution is 2.47. The zero-order chi connectivity index (χ0) is 11.2.